The quantitative estimate of drug-likeness (QED) is 0.179. The van der Waals surface area contributed by atoms with Crippen molar-refractivity contribution in [3.05, 3.63) is 187 Å². The lowest BCUT2D eigenvalue weighted by Crippen LogP contribution is -2.38. The summed E-state index contributed by atoms with van der Waals surface area (Å²) in [5, 5.41) is 5.42. The molecule has 0 unspecified atom stereocenters. The van der Waals surface area contributed by atoms with Crippen molar-refractivity contribution in [2.45, 2.75) is 5.54 Å². The van der Waals surface area contributed by atoms with Gasteiger partial charge in [-0.15, -0.1) is 0 Å². The maximum absolute atomic E-state index is 5.42. The van der Waals surface area contributed by atoms with E-state index < -0.39 is 5.54 Å². The van der Waals surface area contributed by atoms with Gasteiger partial charge in [0, 0.05) is 35.9 Å². The maximum atomic E-state index is 5.42. The molecule has 214 valence electrons. The molecule has 0 N–H and O–H groups in total. The van der Waals surface area contributed by atoms with E-state index in [0.717, 1.165) is 56.2 Å². The van der Waals surface area contributed by atoms with Gasteiger partial charge in [-0.05, 0) is 53.1 Å². The number of imidazole rings is 1. The lowest BCUT2D eigenvalue weighted by atomic mass is 9.77. The second kappa shape index (κ2) is 11.2. The third-order valence-electron chi connectivity index (χ3n) is 8.28. The van der Waals surface area contributed by atoms with Crippen LogP contribution in [0.2, 0.25) is 0 Å². The molecule has 0 aliphatic rings. The first kappa shape index (κ1) is 26.5. The molecular formula is C39H28N6. The monoisotopic (exact) mass is 580 g/mol. The van der Waals surface area contributed by atoms with Crippen LogP contribution in [0.1, 0.15) is 16.7 Å². The first-order valence-electron chi connectivity index (χ1n) is 14.9. The molecule has 0 amide bonds. The number of hydrogen-bond donors (Lipinski definition) is 0. The largest absolute Gasteiger partial charge is 0.298 e. The highest BCUT2D eigenvalue weighted by atomic mass is 15.3. The number of nitrogens with zero attached hydrogens (tertiary/aromatic N) is 6. The molecule has 6 heteroatoms. The number of hydrogen-bond acceptors (Lipinski definition) is 4. The standard InChI is InChI=1S/C39H28N6/c1-4-14-30(15-5-1)39(31-16-6-2-7-17-31,32-18-8-3-9-19-32)45-28-33(38(43-45)35-21-11-13-25-41-35)29-22-23-37-42-26-36(44(37)27-29)34-20-10-12-24-40-34/h1-28H. The Balaban J connectivity index is 1.43. The third-order valence-corrected chi connectivity index (χ3v) is 8.28. The molecule has 8 aromatic rings. The Bertz CT molecular complexity index is 2090. The van der Waals surface area contributed by atoms with Gasteiger partial charge in [-0.25, -0.2) is 4.98 Å². The minimum Gasteiger partial charge on any atom is -0.298 e. The van der Waals surface area contributed by atoms with Crippen LogP contribution in [0.15, 0.2) is 171 Å². The molecule has 0 atom stereocenters. The molecule has 0 saturated carbocycles. The number of rotatable bonds is 7. The highest BCUT2D eigenvalue weighted by Gasteiger charge is 2.40. The van der Waals surface area contributed by atoms with Crippen LogP contribution in [-0.4, -0.2) is 29.1 Å². The molecule has 3 aromatic carbocycles. The second-order valence-electron chi connectivity index (χ2n) is 10.9. The van der Waals surface area contributed by atoms with Crippen molar-refractivity contribution in [1.29, 1.82) is 0 Å². The lowest BCUT2D eigenvalue weighted by Gasteiger charge is -2.36. The molecular weight excluding hydrogens is 552 g/mol. The highest BCUT2D eigenvalue weighted by molar-refractivity contribution is 5.80. The first-order valence-corrected chi connectivity index (χ1v) is 14.9. The summed E-state index contributed by atoms with van der Waals surface area (Å²) >= 11 is 0. The van der Waals surface area contributed by atoms with Gasteiger partial charge in [0.1, 0.15) is 16.9 Å². The van der Waals surface area contributed by atoms with E-state index in [1.165, 1.54) is 0 Å². The van der Waals surface area contributed by atoms with Gasteiger partial charge < -0.3 is 0 Å². The number of pyridine rings is 3. The van der Waals surface area contributed by atoms with Crippen LogP contribution in [-0.2, 0) is 5.54 Å². The van der Waals surface area contributed by atoms with Crippen molar-refractivity contribution in [2.24, 2.45) is 0 Å². The van der Waals surface area contributed by atoms with E-state index in [4.69, 9.17) is 10.1 Å². The van der Waals surface area contributed by atoms with Gasteiger partial charge in [0.15, 0.2) is 0 Å². The summed E-state index contributed by atoms with van der Waals surface area (Å²) in [6.07, 6.45) is 9.77. The van der Waals surface area contributed by atoms with Crippen molar-refractivity contribution >= 4 is 5.65 Å². The van der Waals surface area contributed by atoms with E-state index in [1.54, 1.807) is 6.20 Å². The molecule has 0 fully saturated rings. The van der Waals surface area contributed by atoms with Gasteiger partial charge in [-0.1, -0.05) is 103 Å². The second-order valence-corrected chi connectivity index (χ2v) is 10.9. The molecule has 0 saturated heterocycles. The molecule has 0 spiro atoms. The third kappa shape index (κ3) is 4.51. The molecule has 0 aliphatic carbocycles. The highest BCUT2D eigenvalue weighted by Crippen LogP contribution is 2.43. The Morgan fingerprint density at radius 1 is 0.489 bits per heavy atom. The average molecular weight is 581 g/mol. The van der Waals surface area contributed by atoms with Gasteiger partial charge in [0.25, 0.3) is 0 Å². The molecule has 5 aromatic heterocycles. The minimum atomic E-state index is -0.760. The summed E-state index contributed by atoms with van der Waals surface area (Å²) in [5.41, 5.74) is 8.72. The fraction of sp³-hybridized carbons (Fsp3) is 0.0256. The van der Waals surface area contributed by atoms with Gasteiger partial charge in [-0.2, -0.15) is 5.10 Å². The predicted octanol–water partition coefficient (Wildman–Crippen LogP) is 8.16. The van der Waals surface area contributed by atoms with Gasteiger partial charge in [0.05, 0.1) is 23.3 Å². The van der Waals surface area contributed by atoms with Crippen molar-refractivity contribution in [2.75, 3.05) is 0 Å². The van der Waals surface area contributed by atoms with Gasteiger partial charge in [-0.3, -0.25) is 19.1 Å². The number of fused-ring (bicyclic) bond motifs is 1. The van der Waals surface area contributed by atoms with Crippen LogP contribution in [0.3, 0.4) is 0 Å². The van der Waals surface area contributed by atoms with Crippen LogP contribution in [0.25, 0.3) is 39.5 Å². The molecule has 6 nitrogen and oxygen atoms in total. The van der Waals surface area contributed by atoms with E-state index in [1.807, 2.05) is 54.9 Å². The van der Waals surface area contributed by atoms with E-state index >= 15 is 0 Å². The summed E-state index contributed by atoms with van der Waals surface area (Å²) in [7, 11) is 0. The van der Waals surface area contributed by atoms with Crippen molar-refractivity contribution in [1.82, 2.24) is 29.1 Å². The van der Waals surface area contributed by atoms with Crippen molar-refractivity contribution in [3.8, 4) is 33.9 Å². The van der Waals surface area contributed by atoms with Crippen molar-refractivity contribution < 1.29 is 0 Å². The Morgan fingerprint density at radius 2 is 1.04 bits per heavy atom. The molecule has 45 heavy (non-hydrogen) atoms. The molecule has 5 heterocycles. The lowest BCUT2D eigenvalue weighted by molar-refractivity contribution is 0.461. The maximum Gasteiger partial charge on any atom is 0.138 e. The fourth-order valence-corrected chi connectivity index (χ4v) is 6.23. The molecule has 0 aliphatic heterocycles. The van der Waals surface area contributed by atoms with Gasteiger partial charge >= 0.3 is 0 Å². The van der Waals surface area contributed by atoms with Crippen LogP contribution in [0, 0.1) is 0 Å². The Morgan fingerprint density at radius 3 is 1.60 bits per heavy atom. The van der Waals surface area contributed by atoms with Crippen LogP contribution >= 0.6 is 0 Å². The van der Waals surface area contributed by atoms with Crippen LogP contribution in [0.4, 0.5) is 0 Å². The van der Waals surface area contributed by atoms with Crippen LogP contribution in [0.5, 0.6) is 0 Å². The summed E-state index contributed by atoms with van der Waals surface area (Å²) in [4.78, 5) is 14.0. The Kier molecular flexibility index (Phi) is 6.57. The molecule has 0 radical (unpaired) electrons. The smallest absolute Gasteiger partial charge is 0.138 e. The zero-order chi connectivity index (χ0) is 30.1. The van der Waals surface area contributed by atoms with E-state index in [0.29, 0.717) is 0 Å². The normalized spacial score (nSPS) is 11.6. The van der Waals surface area contributed by atoms with E-state index in [2.05, 4.69) is 129 Å². The Labute approximate surface area is 261 Å². The summed E-state index contributed by atoms with van der Waals surface area (Å²) in [6.45, 7) is 0. The van der Waals surface area contributed by atoms with Crippen molar-refractivity contribution in [3.63, 3.8) is 0 Å². The number of benzene rings is 3. The zero-order valence-electron chi connectivity index (χ0n) is 24.3. The SMILES string of the molecule is c1ccc(C(c2ccccc2)(c2ccccc2)n2cc(-c3ccc4ncc(-c5ccccn5)n4c3)c(-c3ccccn3)n2)cc1. The summed E-state index contributed by atoms with van der Waals surface area (Å²) in [5.74, 6) is 0. The topological polar surface area (TPSA) is 60.9 Å². The van der Waals surface area contributed by atoms with E-state index in [9.17, 15) is 0 Å². The average Bonchev–Trinajstić information content (AvgIpc) is 3.76. The zero-order valence-corrected chi connectivity index (χ0v) is 24.3. The minimum absolute atomic E-state index is 0.760. The molecule has 0 bridgehead atoms. The van der Waals surface area contributed by atoms with E-state index in [-0.39, 0.29) is 0 Å². The summed E-state index contributed by atoms with van der Waals surface area (Å²) < 4.78 is 4.21. The molecule has 8 rings (SSSR count). The summed E-state index contributed by atoms with van der Waals surface area (Å²) in [6, 6.07) is 47.8. The van der Waals surface area contributed by atoms with Gasteiger partial charge in [0.2, 0.25) is 0 Å². The Hall–Kier alpha value is -6.14. The predicted molar refractivity (Wildman–Crippen MR) is 177 cm³/mol. The van der Waals surface area contributed by atoms with Crippen LogP contribution < -0.4 is 0 Å². The fourth-order valence-electron chi connectivity index (χ4n) is 6.23. The first-order chi connectivity index (χ1) is 22.3. The number of aromatic nitrogens is 6.